The molecule has 0 unspecified atom stereocenters. The molecule has 17 heavy (non-hydrogen) atoms. The second-order valence-corrected chi connectivity index (χ2v) is 2.89. The summed E-state index contributed by atoms with van der Waals surface area (Å²) in [6, 6.07) is 2.97. The zero-order valence-corrected chi connectivity index (χ0v) is 8.34. The molecule has 0 bridgehead atoms. The van der Waals surface area contributed by atoms with Gasteiger partial charge in [-0.05, 0) is 12.0 Å². The van der Waals surface area contributed by atoms with Crippen molar-refractivity contribution in [1.29, 1.82) is 0 Å². The molecule has 0 saturated carbocycles. The van der Waals surface area contributed by atoms with Crippen LogP contribution in [0.2, 0.25) is 0 Å². The quantitative estimate of drug-likeness (QED) is 0.458. The van der Waals surface area contributed by atoms with E-state index in [4.69, 9.17) is 11.5 Å². The number of benzene rings is 1. The van der Waals surface area contributed by atoms with Crippen LogP contribution in [-0.4, -0.2) is 21.9 Å². The Labute approximate surface area is 95.2 Å². The smallest absolute Gasteiger partial charge is 0.337 e. The molecule has 1 rings (SSSR count). The van der Waals surface area contributed by atoms with E-state index in [1.807, 2.05) is 0 Å². The summed E-state index contributed by atoms with van der Waals surface area (Å²) in [5, 5.41) is 21.4. The first-order valence-electron chi connectivity index (χ1n) is 4.25. The van der Waals surface area contributed by atoms with Crippen molar-refractivity contribution < 1.29 is 19.6 Å². The average molecular weight is 234 g/mol. The number of hydrogen-bond donors (Lipinski definition) is 2. The Morgan fingerprint density at radius 2 is 2.12 bits per heavy atom. The summed E-state index contributed by atoms with van der Waals surface area (Å²) in [6.45, 7) is 0. The van der Waals surface area contributed by atoms with Crippen LogP contribution in [0.5, 0.6) is 0 Å². The van der Waals surface area contributed by atoms with Gasteiger partial charge in [-0.15, -0.1) is 6.42 Å². The molecule has 0 heterocycles. The van der Waals surface area contributed by atoms with E-state index >= 15 is 0 Å². The van der Waals surface area contributed by atoms with Crippen LogP contribution >= 0.6 is 0 Å². The number of carboxylic acid groups (broad SMARTS) is 1. The van der Waals surface area contributed by atoms with E-state index in [0.717, 1.165) is 18.2 Å². The monoisotopic (exact) mass is 234 g/mol. The molecule has 0 fully saturated rings. The van der Waals surface area contributed by atoms with Crippen molar-refractivity contribution in [2.75, 3.05) is 5.32 Å². The molecule has 1 aromatic rings. The van der Waals surface area contributed by atoms with Crippen molar-refractivity contribution in [3.63, 3.8) is 0 Å². The summed E-state index contributed by atoms with van der Waals surface area (Å²) in [5.74, 6) is -0.493. The first kappa shape index (κ1) is 12.2. The largest absolute Gasteiger partial charge is 0.478 e. The Morgan fingerprint density at radius 3 is 2.59 bits per heavy atom. The number of terminal acetylenes is 1. The first-order valence-corrected chi connectivity index (χ1v) is 4.25. The number of nitro groups is 1. The van der Waals surface area contributed by atoms with Gasteiger partial charge in [0.15, 0.2) is 0 Å². The van der Waals surface area contributed by atoms with E-state index in [2.05, 4.69) is 5.32 Å². The molecule has 1 aromatic carbocycles. The summed E-state index contributed by atoms with van der Waals surface area (Å²) in [4.78, 5) is 31.5. The van der Waals surface area contributed by atoms with Gasteiger partial charge in [0.25, 0.3) is 11.6 Å². The molecule has 0 aromatic heterocycles. The van der Waals surface area contributed by atoms with Gasteiger partial charge in [-0.2, -0.15) is 0 Å². The van der Waals surface area contributed by atoms with Crippen LogP contribution in [0.25, 0.3) is 0 Å². The van der Waals surface area contributed by atoms with Gasteiger partial charge >= 0.3 is 5.97 Å². The van der Waals surface area contributed by atoms with Gasteiger partial charge in [-0.25, -0.2) is 4.79 Å². The number of rotatable bonds is 3. The number of nitrogens with one attached hydrogen (secondary N) is 1. The lowest BCUT2D eigenvalue weighted by molar-refractivity contribution is -0.384. The van der Waals surface area contributed by atoms with Gasteiger partial charge in [0.2, 0.25) is 0 Å². The van der Waals surface area contributed by atoms with Gasteiger partial charge in [0.05, 0.1) is 16.2 Å². The summed E-state index contributed by atoms with van der Waals surface area (Å²) in [5.41, 5.74) is -0.837. The fourth-order valence-corrected chi connectivity index (χ4v) is 1.09. The molecule has 7 nitrogen and oxygen atoms in total. The molecule has 0 atom stereocenters. The number of nitrogens with zero attached hydrogens (tertiary/aromatic N) is 1. The maximum absolute atomic E-state index is 10.9. The molecule has 2 N–H and O–H groups in total. The number of aromatic carboxylic acids is 1. The number of amides is 1. The van der Waals surface area contributed by atoms with E-state index in [0.29, 0.717) is 0 Å². The second-order valence-electron chi connectivity index (χ2n) is 2.89. The average Bonchev–Trinajstić information content (AvgIpc) is 2.28. The Balaban J connectivity index is 3.26. The SMILES string of the molecule is C#CC(=O)Nc1cc([N+](=O)[O-])ccc1C(=O)O. The summed E-state index contributed by atoms with van der Waals surface area (Å²) < 4.78 is 0. The minimum absolute atomic E-state index is 0.213. The number of carbonyl (C=O) groups excluding carboxylic acids is 1. The minimum atomic E-state index is -1.33. The molecule has 0 radical (unpaired) electrons. The molecule has 0 aliphatic carbocycles. The Hall–Kier alpha value is -2.88. The first-order chi connectivity index (χ1) is 7.95. The highest BCUT2D eigenvalue weighted by Crippen LogP contribution is 2.22. The molecule has 86 valence electrons. The number of nitro benzene ring substituents is 1. The fourth-order valence-electron chi connectivity index (χ4n) is 1.09. The van der Waals surface area contributed by atoms with Crippen molar-refractivity contribution in [1.82, 2.24) is 0 Å². The van der Waals surface area contributed by atoms with Gasteiger partial charge in [-0.3, -0.25) is 14.9 Å². The third kappa shape index (κ3) is 2.79. The standard InChI is InChI=1S/C10H6N2O5/c1-2-9(13)11-8-5-6(12(16)17)3-4-7(8)10(14)15/h1,3-5H,(H,11,13)(H,14,15). The molecule has 0 aliphatic rings. The molecule has 1 amide bonds. The van der Waals surface area contributed by atoms with E-state index in [-0.39, 0.29) is 16.9 Å². The number of hydrogen-bond acceptors (Lipinski definition) is 4. The normalized spacial score (nSPS) is 9.12. The topological polar surface area (TPSA) is 110 Å². The van der Waals surface area contributed by atoms with E-state index < -0.39 is 16.8 Å². The molecule has 0 aliphatic heterocycles. The lowest BCUT2D eigenvalue weighted by atomic mass is 10.1. The lowest BCUT2D eigenvalue weighted by Gasteiger charge is -2.05. The predicted molar refractivity (Wildman–Crippen MR) is 57.5 cm³/mol. The Morgan fingerprint density at radius 1 is 1.47 bits per heavy atom. The van der Waals surface area contributed by atoms with Crippen LogP contribution in [0.15, 0.2) is 18.2 Å². The highest BCUT2D eigenvalue weighted by atomic mass is 16.6. The van der Waals surface area contributed by atoms with E-state index in [1.165, 1.54) is 0 Å². The molecule has 0 spiro atoms. The van der Waals surface area contributed by atoms with Crippen molar-refractivity contribution in [3.05, 3.63) is 33.9 Å². The summed E-state index contributed by atoms with van der Waals surface area (Å²) in [7, 11) is 0. The van der Waals surface area contributed by atoms with Gasteiger partial charge in [0.1, 0.15) is 0 Å². The van der Waals surface area contributed by atoms with Crippen LogP contribution in [0, 0.1) is 22.5 Å². The van der Waals surface area contributed by atoms with E-state index in [9.17, 15) is 19.7 Å². The molecular weight excluding hydrogens is 228 g/mol. The van der Waals surface area contributed by atoms with Crippen LogP contribution < -0.4 is 5.32 Å². The lowest BCUT2D eigenvalue weighted by Crippen LogP contribution is -2.12. The van der Waals surface area contributed by atoms with Crippen LogP contribution in [0.1, 0.15) is 10.4 Å². The zero-order chi connectivity index (χ0) is 13.0. The van der Waals surface area contributed by atoms with Crippen molar-refractivity contribution in [2.45, 2.75) is 0 Å². The van der Waals surface area contributed by atoms with Crippen molar-refractivity contribution in [2.24, 2.45) is 0 Å². The summed E-state index contributed by atoms with van der Waals surface area (Å²) >= 11 is 0. The Bertz CT molecular complexity index is 544. The third-order valence-corrected chi connectivity index (χ3v) is 1.82. The molecule has 7 heteroatoms. The van der Waals surface area contributed by atoms with Gasteiger partial charge in [0, 0.05) is 12.1 Å². The minimum Gasteiger partial charge on any atom is -0.478 e. The van der Waals surface area contributed by atoms with Crippen LogP contribution in [-0.2, 0) is 4.79 Å². The molecule has 0 saturated heterocycles. The second kappa shape index (κ2) is 4.76. The van der Waals surface area contributed by atoms with Crippen LogP contribution in [0.3, 0.4) is 0 Å². The number of carboxylic acids is 1. The predicted octanol–water partition coefficient (Wildman–Crippen LogP) is 0.865. The highest BCUT2D eigenvalue weighted by Gasteiger charge is 2.16. The maximum Gasteiger partial charge on any atom is 0.337 e. The van der Waals surface area contributed by atoms with Crippen molar-refractivity contribution in [3.8, 4) is 12.3 Å². The fraction of sp³-hybridized carbons (Fsp3) is 0. The third-order valence-electron chi connectivity index (χ3n) is 1.82. The number of non-ortho nitro benzene ring substituents is 1. The molecular formula is C10H6N2O5. The maximum atomic E-state index is 10.9. The van der Waals surface area contributed by atoms with Crippen molar-refractivity contribution >= 4 is 23.3 Å². The number of carbonyl (C=O) groups is 2. The zero-order valence-electron chi connectivity index (χ0n) is 8.34. The number of anilines is 1. The Kier molecular flexibility index (Phi) is 3.41. The highest BCUT2D eigenvalue weighted by molar-refractivity contribution is 6.07. The van der Waals surface area contributed by atoms with Crippen LogP contribution in [0.4, 0.5) is 11.4 Å². The van der Waals surface area contributed by atoms with E-state index in [1.54, 1.807) is 5.92 Å². The van der Waals surface area contributed by atoms with Gasteiger partial charge < -0.3 is 10.4 Å². The van der Waals surface area contributed by atoms with Gasteiger partial charge in [-0.1, -0.05) is 0 Å². The summed E-state index contributed by atoms with van der Waals surface area (Å²) in [6.07, 6.45) is 4.80.